The number of rotatable bonds is 14. The Kier molecular flexibility index (Phi) is 11.1. The molecule has 4 rings (SSSR count). The molecule has 1 unspecified atom stereocenters. The Balaban J connectivity index is 1.43. The van der Waals surface area contributed by atoms with Gasteiger partial charge in [0, 0.05) is 16.8 Å². The Morgan fingerprint density at radius 2 is 1.80 bits per heavy atom. The number of carbonyl (C=O) groups is 3. The van der Waals surface area contributed by atoms with Gasteiger partial charge in [0.1, 0.15) is 11.9 Å². The number of nitrogens with zero attached hydrogens (tertiary/aromatic N) is 1. The molecule has 0 saturated heterocycles. The van der Waals surface area contributed by atoms with Crippen molar-refractivity contribution in [2.45, 2.75) is 33.2 Å². The maximum Gasteiger partial charge on any atom is 0.262 e. The molecule has 1 aliphatic heterocycles. The SMILES string of the molecule is C=CCc1cc(C=NNC(=O)C(NC(=O)c2ccc3c(c2)OCO3)C(C)C)cc(OCC)c1OCC(=O)Nc1ccc(F)cc1. The van der Waals surface area contributed by atoms with Crippen molar-refractivity contribution in [3.63, 3.8) is 0 Å². The molecule has 0 aromatic heterocycles. The van der Waals surface area contributed by atoms with E-state index in [4.69, 9.17) is 18.9 Å². The van der Waals surface area contributed by atoms with E-state index in [0.29, 0.717) is 58.4 Å². The molecule has 236 valence electrons. The van der Waals surface area contributed by atoms with Crippen LogP contribution in [0.4, 0.5) is 10.1 Å². The number of hydrogen-bond acceptors (Lipinski definition) is 8. The van der Waals surface area contributed by atoms with Crippen LogP contribution in [0, 0.1) is 11.7 Å². The van der Waals surface area contributed by atoms with Gasteiger partial charge in [-0.1, -0.05) is 19.9 Å². The summed E-state index contributed by atoms with van der Waals surface area (Å²) in [6, 6.07) is 12.8. The number of halogens is 1. The first-order valence-corrected chi connectivity index (χ1v) is 14.3. The second kappa shape index (κ2) is 15.4. The predicted octanol–water partition coefficient (Wildman–Crippen LogP) is 4.60. The highest BCUT2D eigenvalue weighted by molar-refractivity contribution is 5.98. The zero-order valence-corrected chi connectivity index (χ0v) is 25.2. The lowest BCUT2D eigenvalue weighted by Crippen LogP contribution is -2.48. The van der Waals surface area contributed by atoms with E-state index in [1.54, 1.807) is 36.4 Å². The molecule has 1 heterocycles. The summed E-state index contributed by atoms with van der Waals surface area (Å²) in [5.41, 5.74) is 4.52. The lowest BCUT2D eigenvalue weighted by atomic mass is 10.0. The largest absolute Gasteiger partial charge is 0.490 e. The Bertz CT molecular complexity index is 1570. The molecule has 1 aliphatic rings. The summed E-state index contributed by atoms with van der Waals surface area (Å²) in [7, 11) is 0. The number of anilines is 1. The third kappa shape index (κ3) is 8.82. The van der Waals surface area contributed by atoms with E-state index in [1.165, 1.54) is 30.5 Å². The van der Waals surface area contributed by atoms with Gasteiger partial charge in [-0.3, -0.25) is 14.4 Å². The predicted molar refractivity (Wildman–Crippen MR) is 166 cm³/mol. The van der Waals surface area contributed by atoms with Crippen molar-refractivity contribution in [1.82, 2.24) is 10.7 Å². The molecule has 0 radical (unpaired) electrons. The molecule has 0 fully saturated rings. The van der Waals surface area contributed by atoms with E-state index in [-0.39, 0.29) is 19.3 Å². The van der Waals surface area contributed by atoms with Crippen LogP contribution >= 0.6 is 0 Å². The average molecular weight is 619 g/mol. The molecule has 0 saturated carbocycles. The van der Waals surface area contributed by atoms with Crippen LogP contribution in [0.1, 0.15) is 42.3 Å². The zero-order chi connectivity index (χ0) is 32.3. The van der Waals surface area contributed by atoms with Gasteiger partial charge in [-0.25, -0.2) is 9.82 Å². The minimum absolute atomic E-state index is 0.0857. The van der Waals surface area contributed by atoms with Crippen LogP contribution in [0.2, 0.25) is 0 Å². The summed E-state index contributed by atoms with van der Waals surface area (Å²) in [5, 5.41) is 9.51. The Labute approximate surface area is 260 Å². The number of ether oxygens (including phenoxy) is 4. The minimum Gasteiger partial charge on any atom is -0.490 e. The fraction of sp³-hybridized carbons (Fsp3) is 0.273. The molecule has 1 atom stereocenters. The number of nitrogens with one attached hydrogen (secondary N) is 3. The smallest absolute Gasteiger partial charge is 0.262 e. The third-order valence-corrected chi connectivity index (χ3v) is 6.55. The molecular weight excluding hydrogens is 583 g/mol. The van der Waals surface area contributed by atoms with Gasteiger partial charge in [-0.05, 0) is 79.4 Å². The number of amides is 3. The maximum absolute atomic E-state index is 13.2. The highest BCUT2D eigenvalue weighted by atomic mass is 19.1. The van der Waals surface area contributed by atoms with Gasteiger partial charge in [0.05, 0.1) is 12.8 Å². The summed E-state index contributed by atoms with van der Waals surface area (Å²) in [5.74, 6) is -0.284. The number of hydrazone groups is 1. The standard InChI is InChI=1S/C33H35FN4O7/c1-5-7-22-14-21(15-28(42-6-2)31(22)43-18-29(39)36-25-11-9-24(34)10-12-25)17-35-38-33(41)30(20(3)4)37-32(40)23-8-13-26-27(16-23)45-19-44-26/h5,8-17,20,30H,1,6-7,18-19H2,2-4H3,(H,36,39)(H,37,40)(H,38,41). The normalized spacial score (nSPS) is 12.5. The van der Waals surface area contributed by atoms with Crippen LogP contribution in [-0.2, 0) is 16.0 Å². The van der Waals surface area contributed by atoms with Crippen molar-refractivity contribution in [3.8, 4) is 23.0 Å². The van der Waals surface area contributed by atoms with Crippen LogP contribution in [0.15, 0.2) is 72.4 Å². The number of benzene rings is 3. The van der Waals surface area contributed by atoms with Gasteiger partial charge < -0.3 is 29.6 Å². The van der Waals surface area contributed by atoms with Crippen LogP contribution in [0.3, 0.4) is 0 Å². The van der Waals surface area contributed by atoms with Crippen LogP contribution in [-0.4, -0.2) is 50.0 Å². The van der Waals surface area contributed by atoms with Crippen molar-refractivity contribution in [2.75, 3.05) is 25.3 Å². The van der Waals surface area contributed by atoms with Gasteiger partial charge >= 0.3 is 0 Å². The molecule has 12 heteroatoms. The number of fused-ring (bicyclic) bond motifs is 1. The monoisotopic (exact) mass is 618 g/mol. The Morgan fingerprint density at radius 1 is 1.04 bits per heavy atom. The van der Waals surface area contributed by atoms with E-state index in [0.717, 1.165) is 0 Å². The highest BCUT2D eigenvalue weighted by Gasteiger charge is 2.26. The molecule has 0 aliphatic carbocycles. The summed E-state index contributed by atoms with van der Waals surface area (Å²) >= 11 is 0. The van der Waals surface area contributed by atoms with Gasteiger partial charge in [-0.15, -0.1) is 6.58 Å². The van der Waals surface area contributed by atoms with Crippen molar-refractivity contribution < 1.29 is 37.7 Å². The first kappa shape index (κ1) is 32.5. The van der Waals surface area contributed by atoms with Gasteiger partial charge in [0.25, 0.3) is 17.7 Å². The molecule has 45 heavy (non-hydrogen) atoms. The van der Waals surface area contributed by atoms with Gasteiger partial charge in [0.2, 0.25) is 6.79 Å². The molecule has 0 bridgehead atoms. The minimum atomic E-state index is -0.868. The van der Waals surface area contributed by atoms with Crippen molar-refractivity contribution >= 4 is 29.6 Å². The van der Waals surface area contributed by atoms with Crippen molar-refractivity contribution in [2.24, 2.45) is 11.0 Å². The first-order chi connectivity index (χ1) is 21.7. The fourth-order valence-electron chi connectivity index (χ4n) is 4.40. The summed E-state index contributed by atoms with van der Waals surface area (Å²) in [6.07, 6.45) is 3.51. The lowest BCUT2D eigenvalue weighted by Gasteiger charge is -2.20. The van der Waals surface area contributed by atoms with E-state index >= 15 is 0 Å². The third-order valence-electron chi connectivity index (χ3n) is 6.55. The summed E-state index contributed by atoms with van der Waals surface area (Å²) in [6.45, 7) is 9.31. The molecule has 11 nitrogen and oxygen atoms in total. The second-order valence-corrected chi connectivity index (χ2v) is 10.3. The topological polar surface area (TPSA) is 137 Å². The van der Waals surface area contributed by atoms with Crippen molar-refractivity contribution in [3.05, 3.63) is 89.8 Å². The maximum atomic E-state index is 13.2. The van der Waals surface area contributed by atoms with E-state index in [9.17, 15) is 18.8 Å². The molecule has 3 N–H and O–H groups in total. The van der Waals surface area contributed by atoms with Crippen LogP contribution < -0.4 is 35.0 Å². The number of hydrogen-bond donors (Lipinski definition) is 3. The first-order valence-electron chi connectivity index (χ1n) is 14.3. The van der Waals surface area contributed by atoms with E-state index < -0.39 is 29.6 Å². The number of carbonyl (C=O) groups excluding carboxylic acids is 3. The Morgan fingerprint density at radius 3 is 2.51 bits per heavy atom. The molecule has 0 spiro atoms. The highest BCUT2D eigenvalue weighted by Crippen LogP contribution is 2.34. The fourth-order valence-corrected chi connectivity index (χ4v) is 4.40. The number of allylic oxidation sites excluding steroid dienone is 1. The molecule has 3 aromatic rings. The molecular formula is C33H35FN4O7. The van der Waals surface area contributed by atoms with Gasteiger partial charge in [0.15, 0.2) is 29.6 Å². The van der Waals surface area contributed by atoms with E-state index in [2.05, 4.69) is 27.7 Å². The molecule has 3 aromatic carbocycles. The average Bonchev–Trinajstić information content (AvgIpc) is 3.49. The second-order valence-electron chi connectivity index (χ2n) is 10.3. The van der Waals surface area contributed by atoms with E-state index in [1.807, 2.05) is 20.8 Å². The quantitative estimate of drug-likeness (QED) is 0.136. The van der Waals surface area contributed by atoms with Crippen molar-refractivity contribution in [1.29, 1.82) is 0 Å². The van der Waals surface area contributed by atoms with Gasteiger partial charge in [-0.2, -0.15) is 5.10 Å². The Hall–Kier alpha value is -5.39. The van der Waals surface area contributed by atoms with Crippen LogP contribution in [0.25, 0.3) is 0 Å². The lowest BCUT2D eigenvalue weighted by molar-refractivity contribution is -0.124. The summed E-state index contributed by atoms with van der Waals surface area (Å²) < 4.78 is 35.4. The molecule has 3 amide bonds. The summed E-state index contributed by atoms with van der Waals surface area (Å²) in [4.78, 5) is 38.4. The van der Waals surface area contributed by atoms with Crippen LogP contribution in [0.5, 0.6) is 23.0 Å². The zero-order valence-electron chi connectivity index (χ0n) is 25.2.